The highest BCUT2D eigenvalue weighted by Crippen LogP contribution is 2.24. The Hall–Kier alpha value is -1.59. The monoisotopic (exact) mass is 252 g/mol. The Morgan fingerprint density at radius 2 is 2.22 bits per heavy atom. The molecule has 0 unspecified atom stereocenters. The molecule has 1 aromatic carbocycles. The van der Waals surface area contributed by atoms with Gasteiger partial charge in [0.2, 0.25) is 0 Å². The first-order valence-electron chi connectivity index (χ1n) is 5.98. The van der Waals surface area contributed by atoms with Crippen LogP contribution in [0.3, 0.4) is 0 Å². The highest BCUT2D eigenvalue weighted by Gasteiger charge is 2.16. The van der Waals surface area contributed by atoms with Crippen LogP contribution in [0.15, 0.2) is 18.2 Å². The second kappa shape index (κ2) is 6.98. The summed E-state index contributed by atoms with van der Waals surface area (Å²) < 4.78 is 5.14. The molecule has 5 heteroatoms. The van der Waals surface area contributed by atoms with E-state index in [0.29, 0.717) is 25.4 Å². The number of likely N-dealkylation sites (N-methyl/N-ethyl adjacent to an activating group) is 1. The molecule has 0 saturated carbocycles. The van der Waals surface area contributed by atoms with Crippen molar-refractivity contribution < 1.29 is 14.6 Å². The minimum Gasteiger partial charge on any atom is -0.508 e. The molecule has 0 atom stereocenters. The molecule has 0 bridgehead atoms. The fourth-order valence-corrected chi connectivity index (χ4v) is 1.69. The van der Waals surface area contributed by atoms with Crippen LogP contribution in [0.5, 0.6) is 5.75 Å². The maximum absolute atomic E-state index is 12.0. The smallest absolute Gasteiger partial charge is 0.252 e. The Morgan fingerprint density at radius 3 is 2.83 bits per heavy atom. The maximum atomic E-state index is 12.0. The van der Waals surface area contributed by atoms with Crippen LogP contribution in [-0.2, 0) is 9.53 Å². The highest BCUT2D eigenvalue weighted by molar-refractivity contribution is 5.95. The lowest BCUT2D eigenvalue weighted by Crippen LogP contribution is -2.34. The summed E-state index contributed by atoms with van der Waals surface area (Å²) in [6, 6.07) is 4.96. The number of phenols is 1. The summed E-state index contributed by atoms with van der Waals surface area (Å²) in [4.78, 5) is 13.6. The van der Waals surface area contributed by atoms with E-state index in [1.807, 2.05) is 13.8 Å². The fraction of sp³-hybridized carbons (Fsp3) is 0.462. The first-order chi connectivity index (χ1) is 8.60. The van der Waals surface area contributed by atoms with E-state index in [9.17, 15) is 9.90 Å². The normalized spacial score (nSPS) is 10.4. The summed E-state index contributed by atoms with van der Waals surface area (Å²) in [5, 5.41) is 9.49. The molecule has 0 aliphatic heterocycles. The molecule has 18 heavy (non-hydrogen) atoms. The first-order valence-corrected chi connectivity index (χ1v) is 5.98. The minimum absolute atomic E-state index is 0.000135. The van der Waals surface area contributed by atoms with Crippen molar-refractivity contribution in [3.8, 4) is 5.75 Å². The Labute approximate surface area is 107 Å². The highest BCUT2D eigenvalue weighted by atomic mass is 16.5. The van der Waals surface area contributed by atoms with Crippen molar-refractivity contribution >= 4 is 11.6 Å². The summed E-state index contributed by atoms with van der Waals surface area (Å²) in [5.41, 5.74) is 6.93. The quantitative estimate of drug-likeness (QED) is 0.741. The molecule has 0 aliphatic carbocycles. The van der Waals surface area contributed by atoms with Gasteiger partial charge in [-0.05, 0) is 25.5 Å². The van der Waals surface area contributed by atoms with Crippen molar-refractivity contribution in [3.63, 3.8) is 0 Å². The average Bonchev–Trinajstić information content (AvgIpc) is 2.35. The second-order valence-corrected chi connectivity index (χ2v) is 3.95. The molecule has 0 saturated heterocycles. The van der Waals surface area contributed by atoms with Crippen molar-refractivity contribution in [1.29, 1.82) is 0 Å². The lowest BCUT2D eigenvalue weighted by atomic mass is 10.1. The van der Waals surface area contributed by atoms with Gasteiger partial charge in [0.25, 0.3) is 5.91 Å². The molecular formula is C13H20N2O3. The number of carbonyl (C=O) groups is 1. The Kier molecular flexibility index (Phi) is 5.61. The molecule has 100 valence electrons. The zero-order chi connectivity index (χ0) is 13.5. The number of benzene rings is 1. The van der Waals surface area contributed by atoms with Crippen molar-refractivity contribution in [2.45, 2.75) is 13.8 Å². The van der Waals surface area contributed by atoms with Gasteiger partial charge in [-0.3, -0.25) is 4.79 Å². The molecule has 0 aliphatic rings. The molecule has 0 radical (unpaired) electrons. The summed E-state index contributed by atoms with van der Waals surface area (Å²) in [7, 11) is 0. The van der Waals surface area contributed by atoms with Crippen molar-refractivity contribution in [2.75, 3.05) is 31.2 Å². The van der Waals surface area contributed by atoms with Crippen molar-refractivity contribution in [1.82, 2.24) is 0 Å². The van der Waals surface area contributed by atoms with Crippen LogP contribution < -0.4 is 10.6 Å². The summed E-state index contributed by atoms with van der Waals surface area (Å²) in [6.07, 6.45) is 0. The van der Waals surface area contributed by atoms with Gasteiger partial charge in [0.1, 0.15) is 12.4 Å². The van der Waals surface area contributed by atoms with Crippen LogP contribution in [0.4, 0.5) is 5.69 Å². The number of aryl methyl sites for hydroxylation is 1. The Morgan fingerprint density at radius 1 is 1.50 bits per heavy atom. The van der Waals surface area contributed by atoms with Crippen LogP contribution >= 0.6 is 0 Å². The van der Waals surface area contributed by atoms with Gasteiger partial charge in [0.05, 0.1) is 12.3 Å². The Balaban J connectivity index is 2.81. The number of hydrogen-bond donors (Lipinski definition) is 2. The van der Waals surface area contributed by atoms with Gasteiger partial charge in [0.15, 0.2) is 0 Å². The molecule has 1 amide bonds. The third kappa shape index (κ3) is 3.72. The number of nitrogens with two attached hydrogens (primary N) is 1. The predicted molar refractivity (Wildman–Crippen MR) is 70.7 cm³/mol. The topological polar surface area (TPSA) is 75.8 Å². The van der Waals surface area contributed by atoms with E-state index < -0.39 is 0 Å². The van der Waals surface area contributed by atoms with Gasteiger partial charge >= 0.3 is 0 Å². The third-order valence-electron chi connectivity index (χ3n) is 2.59. The molecule has 5 nitrogen and oxygen atoms in total. The number of nitrogens with zero attached hydrogens (tertiary/aromatic N) is 1. The van der Waals surface area contributed by atoms with Crippen LogP contribution in [-0.4, -0.2) is 37.3 Å². The molecule has 0 spiro atoms. The van der Waals surface area contributed by atoms with E-state index in [2.05, 4.69) is 0 Å². The standard InChI is InChI=1S/C13H20N2O3/c1-3-15(13(17)9-18-7-6-14)12-8-11(16)5-4-10(12)2/h4-5,8,16H,3,6-7,9,14H2,1-2H3. The second-order valence-electron chi connectivity index (χ2n) is 3.95. The summed E-state index contributed by atoms with van der Waals surface area (Å²) in [6.45, 7) is 5.05. The lowest BCUT2D eigenvalue weighted by molar-refractivity contribution is -0.122. The molecular weight excluding hydrogens is 232 g/mol. The molecule has 3 N–H and O–H groups in total. The number of phenolic OH excluding ortho intramolecular Hbond substituents is 1. The number of amides is 1. The predicted octanol–water partition coefficient (Wildman–Crippen LogP) is 1.03. The van der Waals surface area contributed by atoms with Crippen molar-refractivity contribution in [2.24, 2.45) is 5.73 Å². The van der Waals surface area contributed by atoms with Gasteiger partial charge in [-0.2, -0.15) is 0 Å². The van der Waals surface area contributed by atoms with Crippen LogP contribution in [0.2, 0.25) is 0 Å². The van der Waals surface area contributed by atoms with Gasteiger partial charge in [0, 0.05) is 19.2 Å². The summed E-state index contributed by atoms with van der Waals surface area (Å²) in [5.74, 6) is 0.00405. The number of rotatable bonds is 6. The number of aromatic hydroxyl groups is 1. The summed E-state index contributed by atoms with van der Waals surface area (Å²) >= 11 is 0. The average molecular weight is 252 g/mol. The number of ether oxygens (including phenoxy) is 1. The van der Waals surface area contributed by atoms with E-state index in [1.165, 1.54) is 0 Å². The number of hydrogen-bond acceptors (Lipinski definition) is 4. The maximum Gasteiger partial charge on any atom is 0.252 e. The molecule has 0 heterocycles. The van der Waals surface area contributed by atoms with Crippen LogP contribution in [0.25, 0.3) is 0 Å². The van der Waals surface area contributed by atoms with Gasteiger partial charge < -0.3 is 20.5 Å². The van der Waals surface area contributed by atoms with Crippen LogP contribution in [0, 0.1) is 6.92 Å². The van der Waals surface area contributed by atoms with E-state index in [-0.39, 0.29) is 18.3 Å². The molecule has 0 aromatic heterocycles. The third-order valence-corrected chi connectivity index (χ3v) is 2.59. The molecule has 1 aromatic rings. The van der Waals surface area contributed by atoms with Crippen LogP contribution in [0.1, 0.15) is 12.5 Å². The largest absolute Gasteiger partial charge is 0.508 e. The number of carbonyl (C=O) groups excluding carboxylic acids is 1. The van der Waals surface area contributed by atoms with E-state index in [0.717, 1.165) is 5.56 Å². The fourth-order valence-electron chi connectivity index (χ4n) is 1.69. The van der Waals surface area contributed by atoms with E-state index in [4.69, 9.17) is 10.5 Å². The van der Waals surface area contributed by atoms with Gasteiger partial charge in [-0.1, -0.05) is 6.07 Å². The van der Waals surface area contributed by atoms with E-state index >= 15 is 0 Å². The number of anilines is 1. The first kappa shape index (κ1) is 14.5. The van der Waals surface area contributed by atoms with Crippen molar-refractivity contribution in [3.05, 3.63) is 23.8 Å². The zero-order valence-corrected chi connectivity index (χ0v) is 10.8. The molecule has 1 rings (SSSR count). The SMILES string of the molecule is CCN(C(=O)COCCN)c1cc(O)ccc1C. The Bertz CT molecular complexity index is 407. The van der Waals surface area contributed by atoms with Gasteiger partial charge in [-0.25, -0.2) is 0 Å². The van der Waals surface area contributed by atoms with E-state index in [1.54, 1.807) is 23.1 Å². The minimum atomic E-state index is -0.139. The van der Waals surface area contributed by atoms with Gasteiger partial charge in [-0.15, -0.1) is 0 Å². The molecule has 0 fully saturated rings. The lowest BCUT2D eigenvalue weighted by Gasteiger charge is -2.23. The zero-order valence-electron chi connectivity index (χ0n) is 10.8.